The molecule has 0 saturated carbocycles. The molecule has 0 spiro atoms. The van der Waals surface area contributed by atoms with Crippen LogP contribution in [0.3, 0.4) is 0 Å². The van der Waals surface area contributed by atoms with Crippen LogP contribution in [-0.2, 0) is 0 Å². The number of nitrogens with two attached hydrogens (primary N) is 1. The summed E-state index contributed by atoms with van der Waals surface area (Å²) in [6, 6.07) is 0.383. The van der Waals surface area contributed by atoms with Gasteiger partial charge in [-0.05, 0) is 19.3 Å². The maximum atomic E-state index is 5.96. The fourth-order valence-electron chi connectivity index (χ4n) is 2.56. The second-order valence-corrected chi connectivity index (χ2v) is 5.64. The van der Waals surface area contributed by atoms with E-state index in [2.05, 4.69) is 20.8 Å². The quantitative estimate of drug-likeness (QED) is 0.462. The van der Waals surface area contributed by atoms with Crippen molar-refractivity contribution in [3.63, 3.8) is 0 Å². The van der Waals surface area contributed by atoms with Gasteiger partial charge in [-0.1, -0.05) is 78.1 Å². The van der Waals surface area contributed by atoms with Crippen LogP contribution in [0.2, 0.25) is 0 Å². The van der Waals surface area contributed by atoms with E-state index < -0.39 is 0 Å². The van der Waals surface area contributed by atoms with Crippen LogP contribution >= 0.6 is 0 Å². The average molecular weight is 241 g/mol. The van der Waals surface area contributed by atoms with Gasteiger partial charge < -0.3 is 5.73 Å². The Kier molecular flexibility index (Phi) is 12.4. The molecule has 0 rings (SSSR count). The zero-order valence-electron chi connectivity index (χ0n) is 12.5. The Balaban J connectivity index is 3.17. The Morgan fingerprint density at radius 2 is 1.24 bits per heavy atom. The summed E-state index contributed by atoms with van der Waals surface area (Å²) in [6.45, 7) is 6.70. The molecular weight excluding hydrogens is 206 g/mol. The predicted octanol–water partition coefficient (Wildman–Crippen LogP) is 5.28. The molecule has 0 saturated heterocycles. The molecule has 0 heterocycles. The van der Waals surface area contributed by atoms with Gasteiger partial charge >= 0.3 is 0 Å². The fourth-order valence-corrected chi connectivity index (χ4v) is 2.56. The van der Waals surface area contributed by atoms with Crippen LogP contribution in [0.25, 0.3) is 0 Å². The summed E-state index contributed by atoms with van der Waals surface area (Å²) in [5.74, 6) is 0.750. The highest BCUT2D eigenvalue weighted by Gasteiger charge is 2.10. The first-order valence-corrected chi connectivity index (χ1v) is 7.97. The molecule has 0 aromatic rings. The zero-order valence-corrected chi connectivity index (χ0v) is 12.5. The van der Waals surface area contributed by atoms with Gasteiger partial charge in [-0.15, -0.1) is 0 Å². The van der Waals surface area contributed by atoms with E-state index in [1.165, 1.54) is 70.6 Å². The highest BCUT2D eigenvalue weighted by Crippen LogP contribution is 2.17. The third kappa shape index (κ3) is 10.8. The average Bonchev–Trinajstić information content (AvgIpc) is 2.31. The van der Waals surface area contributed by atoms with E-state index in [1.807, 2.05) is 0 Å². The molecule has 0 aliphatic rings. The summed E-state index contributed by atoms with van der Waals surface area (Å²) < 4.78 is 0. The minimum Gasteiger partial charge on any atom is -0.328 e. The predicted molar refractivity (Wildman–Crippen MR) is 79.3 cm³/mol. The molecule has 2 unspecified atom stereocenters. The third-order valence-corrected chi connectivity index (χ3v) is 3.95. The monoisotopic (exact) mass is 241 g/mol. The fraction of sp³-hybridized carbons (Fsp3) is 1.00. The van der Waals surface area contributed by atoms with Crippen LogP contribution < -0.4 is 5.73 Å². The molecule has 1 heteroatoms. The highest BCUT2D eigenvalue weighted by molar-refractivity contribution is 4.66. The molecule has 0 radical (unpaired) electrons. The summed E-state index contributed by atoms with van der Waals surface area (Å²) in [5.41, 5.74) is 5.96. The van der Waals surface area contributed by atoms with Gasteiger partial charge in [-0.25, -0.2) is 0 Å². The molecule has 104 valence electrons. The topological polar surface area (TPSA) is 26.0 Å². The Hall–Kier alpha value is -0.0400. The first-order valence-electron chi connectivity index (χ1n) is 7.97. The maximum absolute atomic E-state index is 5.96. The molecule has 0 amide bonds. The van der Waals surface area contributed by atoms with Crippen molar-refractivity contribution in [2.75, 3.05) is 0 Å². The second kappa shape index (κ2) is 12.4. The number of hydrogen-bond donors (Lipinski definition) is 1. The normalized spacial score (nSPS) is 14.8. The summed E-state index contributed by atoms with van der Waals surface area (Å²) in [5, 5.41) is 0. The van der Waals surface area contributed by atoms with Gasteiger partial charge in [-0.3, -0.25) is 0 Å². The molecule has 1 nitrogen and oxygen atoms in total. The van der Waals surface area contributed by atoms with Gasteiger partial charge in [-0.2, -0.15) is 0 Å². The van der Waals surface area contributed by atoms with E-state index in [0.717, 1.165) is 5.92 Å². The van der Waals surface area contributed by atoms with Crippen molar-refractivity contribution in [3.05, 3.63) is 0 Å². The van der Waals surface area contributed by atoms with E-state index in [1.54, 1.807) is 0 Å². The van der Waals surface area contributed by atoms with Crippen molar-refractivity contribution in [2.45, 2.75) is 97.4 Å². The Labute approximate surface area is 110 Å². The third-order valence-electron chi connectivity index (χ3n) is 3.95. The molecule has 2 N–H and O–H groups in total. The van der Waals surface area contributed by atoms with Crippen molar-refractivity contribution < 1.29 is 0 Å². The van der Waals surface area contributed by atoms with Gasteiger partial charge in [0.15, 0.2) is 0 Å². The lowest BCUT2D eigenvalue weighted by molar-refractivity contribution is 0.381. The molecule has 0 aliphatic carbocycles. The lowest BCUT2D eigenvalue weighted by Gasteiger charge is -2.18. The number of hydrogen-bond acceptors (Lipinski definition) is 1. The van der Waals surface area contributed by atoms with Gasteiger partial charge in [0.1, 0.15) is 0 Å². The lowest BCUT2D eigenvalue weighted by atomic mass is 9.92. The van der Waals surface area contributed by atoms with E-state index in [0.29, 0.717) is 6.04 Å². The summed E-state index contributed by atoms with van der Waals surface area (Å²) in [7, 11) is 0. The van der Waals surface area contributed by atoms with Crippen LogP contribution in [-0.4, -0.2) is 6.04 Å². The largest absolute Gasteiger partial charge is 0.328 e. The smallest absolute Gasteiger partial charge is 0.00386 e. The van der Waals surface area contributed by atoms with E-state index in [4.69, 9.17) is 5.73 Å². The molecule has 0 fully saturated rings. The first-order chi connectivity index (χ1) is 8.22. The summed E-state index contributed by atoms with van der Waals surface area (Å²) in [6.07, 6.45) is 15.4. The molecule has 0 aromatic heterocycles. The minimum atomic E-state index is 0.383. The van der Waals surface area contributed by atoms with Crippen molar-refractivity contribution in [1.29, 1.82) is 0 Å². The van der Waals surface area contributed by atoms with Gasteiger partial charge in [0.05, 0.1) is 0 Å². The Bertz CT molecular complexity index is 142. The van der Waals surface area contributed by atoms with Gasteiger partial charge in [0.25, 0.3) is 0 Å². The van der Waals surface area contributed by atoms with Crippen molar-refractivity contribution in [2.24, 2.45) is 11.7 Å². The van der Waals surface area contributed by atoms with Crippen molar-refractivity contribution in [3.8, 4) is 0 Å². The highest BCUT2D eigenvalue weighted by atomic mass is 14.6. The van der Waals surface area contributed by atoms with Crippen LogP contribution in [0.4, 0.5) is 0 Å². The lowest BCUT2D eigenvalue weighted by Crippen LogP contribution is -2.25. The number of rotatable bonds is 12. The second-order valence-electron chi connectivity index (χ2n) is 5.64. The molecule has 17 heavy (non-hydrogen) atoms. The standard InChI is InChI=1S/C16H35N/c1-4-6-7-8-9-10-11-12-13-14-16(5-2)15(3)17/h15-16H,4-14,17H2,1-3H3. The number of unbranched alkanes of at least 4 members (excludes halogenated alkanes) is 8. The van der Waals surface area contributed by atoms with Crippen molar-refractivity contribution in [1.82, 2.24) is 0 Å². The Morgan fingerprint density at radius 3 is 1.65 bits per heavy atom. The van der Waals surface area contributed by atoms with Crippen LogP contribution in [0.1, 0.15) is 91.4 Å². The molecule has 0 aromatic carbocycles. The van der Waals surface area contributed by atoms with Crippen LogP contribution in [0.5, 0.6) is 0 Å². The maximum Gasteiger partial charge on any atom is 0.00386 e. The SMILES string of the molecule is CCCCCCCCCCCC(CC)C(C)N. The molecule has 2 atom stereocenters. The molecular formula is C16H35N. The molecule has 0 aliphatic heterocycles. The van der Waals surface area contributed by atoms with E-state index in [9.17, 15) is 0 Å². The summed E-state index contributed by atoms with van der Waals surface area (Å²) in [4.78, 5) is 0. The van der Waals surface area contributed by atoms with E-state index in [-0.39, 0.29) is 0 Å². The van der Waals surface area contributed by atoms with Crippen LogP contribution in [0, 0.1) is 5.92 Å². The zero-order chi connectivity index (χ0) is 12.9. The van der Waals surface area contributed by atoms with Crippen molar-refractivity contribution >= 4 is 0 Å². The van der Waals surface area contributed by atoms with Crippen LogP contribution in [0.15, 0.2) is 0 Å². The van der Waals surface area contributed by atoms with Gasteiger partial charge in [0, 0.05) is 6.04 Å². The summed E-state index contributed by atoms with van der Waals surface area (Å²) >= 11 is 0. The first kappa shape index (κ1) is 17.0. The van der Waals surface area contributed by atoms with Gasteiger partial charge in [0.2, 0.25) is 0 Å². The molecule has 0 bridgehead atoms. The Morgan fingerprint density at radius 1 is 0.765 bits per heavy atom. The minimum absolute atomic E-state index is 0.383. The van der Waals surface area contributed by atoms with E-state index >= 15 is 0 Å².